The molecule has 0 aliphatic rings. The summed E-state index contributed by atoms with van der Waals surface area (Å²) < 4.78 is 42.0. The zero-order chi connectivity index (χ0) is 17.4. The van der Waals surface area contributed by atoms with Crippen LogP contribution < -0.4 is 0 Å². The van der Waals surface area contributed by atoms with Crippen LogP contribution in [0, 0.1) is 3.70 Å². The van der Waals surface area contributed by atoms with E-state index in [1.165, 1.54) is 0 Å². The van der Waals surface area contributed by atoms with E-state index in [2.05, 4.69) is 15.0 Å². The Morgan fingerprint density at radius 2 is 2.13 bits per heavy atom. The average molecular weight is 465 g/mol. The Morgan fingerprint density at radius 3 is 2.70 bits per heavy atom. The first-order valence-electron chi connectivity index (χ1n) is 6.05. The van der Waals surface area contributed by atoms with E-state index in [9.17, 15) is 18.0 Å². The summed E-state index contributed by atoms with van der Waals surface area (Å²) in [5, 5.41) is 17.6. The number of aliphatic hydroxyl groups is 2. The van der Waals surface area contributed by atoms with Gasteiger partial charge in [-0.25, -0.2) is 23.9 Å². The molecule has 0 radical (unpaired) electrons. The SMILES string of the molecule is O=C(n1cnc2c(I)nc(CCl)nc21)C(F)(F)[C@H](F)[C@H](O)CO. The lowest BCUT2D eigenvalue weighted by Crippen LogP contribution is -2.48. The summed E-state index contributed by atoms with van der Waals surface area (Å²) in [4.78, 5) is 23.5. The molecule has 2 rings (SSSR count). The van der Waals surface area contributed by atoms with Crippen LogP contribution in [0.5, 0.6) is 0 Å². The molecular weight excluding hydrogens is 455 g/mol. The Morgan fingerprint density at radius 1 is 1.48 bits per heavy atom. The number of aromatic nitrogens is 4. The van der Waals surface area contributed by atoms with Crippen LogP contribution >= 0.6 is 34.2 Å². The molecule has 0 aromatic carbocycles. The highest BCUT2D eigenvalue weighted by atomic mass is 127. The summed E-state index contributed by atoms with van der Waals surface area (Å²) in [6, 6.07) is 0. The van der Waals surface area contributed by atoms with Crippen LogP contribution in [-0.2, 0) is 5.88 Å². The number of alkyl halides is 4. The fourth-order valence-electron chi connectivity index (χ4n) is 1.73. The largest absolute Gasteiger partial charge is 0.394 e. The maximum atomic E-state index is 13.9. The number of nitrogens with zero attached hydrogens (tertiary/aromatic N) is 4. The topological polar surface area (TPSA) is 101 Å². The van der Waals surface area contributed by atoms with Crippen molar-refractivity contribution in [3.63, 3.8) is 0 Å². The number of fused-ring (bicyclic) bond motifs is 1. The molecule has 2 N–H and O–H groups in total. The lowest BCUT2D eigenvalue weighted by Gasteiger charge is -2.22. The van der Waals surface area contributed by atoms with E-state index in [0.29, 0.717) is 4.57 Å². The molecule has 0 spiro atoms. The van der Waals surface area contributed by atoms with Gasteiger partial charge < -0.3 is 10.2 Å². The lowest BCUT2D eigenvalue weighted by molar-refractivity contribution is -0.102. The Hall–Kier alpha value is -1.05. The second-order valence-electron chi connectivity index (χ2n) is 4.43. The number of aliphatic hydroxyl groups excluding tert-OH is 2. The molecule has 0 saturated heterocycles. The summed E-state index contributed by atoms with van der Waals surface area (Å²) in [5.74, 6) is -6.62. The lowest BCUT2D eigenvalue weighted by atomic mass is 10.1. The predicted octanol–water partition coefficient (Wildman–Crippen LogP) is 1.14. The Labute approximate surface area is 145 Å². The van der Waals surface area contributed by atoms with E-state index in [1.54, 1.807) is 22.6 Å². The zero-order valence-electron chi connectivity index (χ0n) is 11.1. The van der Waals surface area contributed by atoms with Crippen molar-refractivity contribution in [1.82, 2.24) is 19.5 Å². The van der Waals surface area contributed by atoms with Gasteiger partial charge in [0.1, 0.15) is 27.5 Å². The molecular formula is C11H9ClF3IN4O3. The van der Waals surface area contributed by atoms with E-state index >= 15 is 0 Å². The summed E-state index contributed by atoms with van der Waals surface area (Å²) in [5.41, 5.74) is -0.183. The third-order valence-electron chi connectivity index (χ3n) is 2.89. The second kappa shape index (κ2) is 6.83. The van der Waals surface area contributed by atoms with E-state index in [1.807, 2.05) is 0 Å². The smallest absolute Gasteiger partial charge is 0.358 e. The third-order valence-corrected chi connectivity index (χ3v) is 3.89. The van der Waals surface area contributed by atoms with Crippen LogP contribution in [0.2, 0.25) is 0 Å². The summed E-state index contributed by atoms with van der Waals surface area (Å²) in [7, 11) is 0. The van der Waals surface area contributed by atoms with E-state index in [4.69, 9.17) is 21.8 Å². The zero-order valence-corrected chi connectivity index (χ0v) is 14.0. The molecule has 2 atom stereocenters. The first kappa shape index (κ1) is 18.3. The molecule has 7 nitrogen and oxygen atoms in total. The number of imidazole rings is 1. The molecule has 0 amide bonds. The first-order chi connectivity index (χ1) is 10.7. The van der Waals surface area contributed by atoms with Gasteiger partial charge in [-0.3, -0.25) is 4.79 Å². The summed E-state index contributed by atoms with van der Waals surface area (Å²) >= 11 is 7.35. The van der Waals surface area contributed by atoms with E-state index < -0.39 is 30.7 Å². The van der Waals surface area contributed by atoms with Crippen LogP contribution in [0.25, 0.3) is 11.2 Å². The molecule has 2 aromatic heterocycles. The van der Waals surface area contributed by atoms with Crippen molar-refractivity contribution < 1.29 is 28.2 Å². The maximum Gasteiger partial charge on any atom is 0.358 e. The Bertz CT molecular complexity index is 745. The molecule has 0 bridgehead atoms. The van der Waals surface area contributed by atoms with E-state index in [0.717, 1.165) is 6.33 Å². The van der Waals surface area contributed by atoms with Gasteiger partial charge in [-0.1, -0.05) is 0 Å². The number of carbonyl (C=O) groups is 1. The van der Waals surface area contributed by atoms with Gasteiger partial charge in [-0.05, 0) is 22.6 Å². The number of hydrogen-bond acceptors (Lipinski definition) is 6. The average Bonchev–Trinajstić information content (AvgIpc) is 2.96. The van der Waals surface area contributed by atoms with Crippen LogP contribution in [-0.4, -0.2) is 60.4 Å². The Balaban J connectivity index is 2.51. The molecule has 23 heavy (non-hydrogen) atoms. The standard InChI is InChI=1S/C11H9ClF3IN4O3/c12-1-5-18-8(16)6-9(19-5)20(3-17-6)10(23)11(14,15)7(13)4(22)2-21/h3-4,7,21-22H,1-2H2/t4-,7-/m1/s1. The van der Waals surface area contributed by atoms with Gasteiger partial charge in [0.25, 0.3) is 0 Å². The summed E-state index contributed by atoms with van der Waals surface area (Å²) in [6.45, 7) is -1.26. The van der Waals surface area contributed by atoms with Crippen LogP contribution in [0.3, 0.4) is 0 Å². The van der Waals surface area contributed by atoms with Crippen molar-refractivity contribution in [3.8, 4) is 0 Å². The van der Waals surface area contributed by atoms with Gasteiger partial charge in [-0.15, -0.1) is 11.6 Å². The minimum atomic E-state index is -4.59. The minimum absolute atomic E-state index is 0.0710. The van der Waals surface area contributed by atoms with Crippen molar-refractivity contribution >= 4 is 51.3 Å². The van der Waals surface area contributed by atoms with Crippen molar-refractivity contribution in [3.05, 3.63) is 15.9 Å². The minimum Gasteiger partial charge on any atom is -0.394 e. The highest BCUT2D eigenvalue weighted by Crippen LogP contribution is 2.28. The van der Waals surface area contributed by atoms with Crippen molar-refractivity contribution in [2.75, 3.05) is 6.61 Å². The molecule has 0 unspecified atom stereocenters. The quantitative estimate of drug-likeness (QED) is 0.391. The number of carbonyl (C=O) groups excluding carboxylic acids is 1. The van der Waals surface area contributed by atoms with Crippen molar-refractivity contribution in [2.45, 2.75) is 24.1 Å². The van der Waals surface area contributed by atoms with Crippen molar-refractivity contribution in [2.24, 2.45) is 0 Å². The molecule has 0 fully saturated rings. The van der Waals surface area contributed by atoms with Gasteiger partial charge >= 0.3 is 11.8 Å². The van der Waals surface area contributed by atoms with E-state index in [-0.39, 0.29) is 26.6 Å². The monoisotopic (exact) mass is 464 g/mol. The number of rotatable bonds is 5. The molecule has 0 aliphatic carbocycles. The normalized spacial score (nSPS) is 14.9. The fraction of sp³-hybridized carbons (Fsp3) is 0.455. The molecule has 2 aromatic rings. The van der Waals surface area contributed by atoms with Crippen molar-refractivity contribution in [1.29, 1.82) is 0 Å². The number of hydrogen-bond donors (Lipinski definition) is 2. The van der Waals surface area contributed by atoms with Gasteiger partial charge in [0.15, 0.2) is 5.65 Å². The molecule has 0 saturated carbocycles. The van der Waals surface area contributed by atoms with Gasteiger partial charge in [-0.2, -0.15) is 8.78 Å². The molecule has 0 aliphatic heterocycles. The Kier molecular flexibility index (Phi) is 5.43. The maximum absolute atomic E-state index is 13.9. The summed E-state index contributed by atoms with van der Waals surface area (Å²) in [6.07, 6.45) is -4.93. The van der Waals surface area contributed by atoms with Gasteiger partial charge in [0, 0.05) is 0 Å². The fourth-order valence-corrected chi connectivity index (χ4v) is 2.51. The molecule has 126 valence electrons. The van der Waals surface area contributed by atoms with Gasteiger partial charge in [0.2, 0.25) is 6.17 Å². The van der Waals surface area contributed by atoms with Crippen LogP contribution in [0.4, 0.5) is 13.2 Å². The van der Waals surface area contributed by atoms with Crippen LogP contribution in [0.15, 0.2) is 6.33 Å². The second-order valence-corrected chi connectivity index (χ2v) is 5.72. The van der Waals surface area contributed by atoms with Gasteiger partial charge in [0.05, 0.1) is 12.5 Å². The van der Waals surface area contributed by atoms with Crippen LogP contribution in [0.1, 0.15) is 10.6 Å². The highest BCUT2D eigenvalue weighted by molar-refractivity contribution is 14.1. The molecule has 12 heteroatoms. The first-order valence-corrected chi connectivity index (χ1v) is 7.66. The third kappa shape index (κ3) is 3.27. The molecule has 2 heterocycles. The highest BCUT2D eigenvalue weighted by Gasteiger charge is 2.52. The predicted molar refractivity (Wildman–Crippen MR) is 81.2 cm³/mol. The number of halogens is 5.